The highest BCUT2D eigenvalue weighted by Gasteiger charge is 2.24. The van der Waals surface area contributed by atoms with Crippen molar-refractivity contribution < 1.29 is 9.72 Å². The van der Waals surface area contributed by atoms with E-state index in [4.69, 9.17) is 0 Å². The number of nitro benzene ring substituents is 1. The Balaban J connectivity index is 3.19. The van der Waals surface area contributed by atoms with Crippen molar-refractivity contribution in [3.05, 3.63) is 39.4 Å². The van der Waals surface area contributed by atoms with Gasteiger partial charge in [-0.1, -0.05) is 22.0 Å². The number of benzene rings is 1. The Morgan fingerprint density at radius 3 is 2.67 bits per heavy atom. The van der Waals surface area contributed by atoms with Crippen molar-refractivity contribution >= 4 is 27.5 Å². The average molecular weight is 315 g/mol. The van der Waals surface area contributed by atoms with Crippen molar-refractivity contribution in [1.82, 2.24) is 4.90 Å². The van der Waals surface area contributed by atoms with Crippen LogP contribution in [0, 0.1) is 17.0 Å². The van der Waals surface area contributed by atoms with Gasteiger partial charge in [-0.2, -0.15) is 0 Å². The number of carbonyl (C=O) groups is 1. The first-order valence-electron chi connectivity index (χ1n) is 5.46. The fourth-order valence-electron chi connectivity index (χ4n) is 1.47. The summed E-state index contributed by atoms with van der Waals surface area (Å²) >= 11 is 3.29. The first-order chi connectivity index (χ1) is 8.38. The Labute approximate surface area is 114 Å². The van der Waals surface area contributed by atoms with Crippen molar-refractivity contribution in [2.75, 3.05) is 12.4 Å². The van der Waals surface area contributed by atoms with E-state index < -0.39 is 4.92 Å². The van der Waals surface area contributed by atoms with Gasteiger partial charge in [0.1, 0.15) is 5.56 Å². The maximum atomic E-state index is 12.2. The van der Waals surface area contributed by atoms with E-state index in [0.717, 1.165) is 5.56 Å². The molecule has 0 aromatic heterocycles. The number of nitro groups is 1. The molecule has 18 heavy (non-hydrogen) atoms. The Morgan fingerprint density at radius 2 is 2.17 bits per heavy atom. The normalized spacial score (nSPS) is 12.0. The smallest absolute Gasteiger partial charge is 0.282 e. The molecule has 1 rings (SSSR count). The number of amides is 1. The highest BCUT2D eigenvalue weighted by atomic mass is 79.9. The largest absolute Gasteiger partial charge is 0.338 e. The average Bonchev–Trinajstić information content (AvgIpc) is 2.35. The summed E-state index contributed by atoms with van der Waals surface area (Å²) in [6, 6.07) is 4.52. The molecule has 6 heteroatoms. The molecule has 0 saturated heterocycles. The van der Waals surface area contributed by atoms with E-state index in [1.54, 1.807) is 26.1 Å². The van der Waals surface area contributed by atoms with Gasteiger partial charge in [0.05, 0.1) is 4.92 Å². The zero-order valence-corrected chi connectivity index (χ0v) is 12.1. The molecule has 0 spiro atoms. The second-order valence-corrected chi connectivity index (χ2v) is 4.84. The first kappa shape index (κ1) is 14.6. The van der Waals surface area contributed by atoms with Crippen molar-refractivity contribution in [2.45, 2.75) is 19.9 Å². The molecule has 0 aliphatic heterocycles. The van der Waals surface area contributed by atoms with E-state index in [-0.39, 0.29) is 23.2 Å². The molecule has 1 atom stereocenters. The summed E-state index contributed by atoms with van der Waals surface area (Å²) in [5, 5.41) is 11.5. The van der Waals surface area contributed by atoms with Crippen LogP contribution >= 0.6 is 15.9 Å². The van der Waals surface area contributed by atoms with Crippen LogP contribution in [-0.4, -0.2) is 34.2 Å². The minimum atomic E-state index is -0.528. The van der Waals surface area contributed by atoms with Crippen LogP contribution in [0.3, 0.4) is 0 Å². The molecule has 0 aliphatic carbocycles. The van der Waals surface area contributed by atoms with Crippen LogP contribution in [0.15, 0.2) is 18.2 Å². The number of alkyl halides is 1. The topological polar surface area (TPSA) is 63.5 Å². The van der Waals surface area contributed by atoms with E-state index in [0.29, 0.717) is 5.33 Å². The molecule has 0 bridgehead atoms. The lowest BCUT2D eigenvalue weighted by molar-refractivity contribution is -0.385. The third-order valence-corrected chi connectivity index (χ3v) is 3.72. The van der Waals surface area contributed by atoms with Crippen molar-refractivity contribution in [3.63, 3.8) is 0 Å². The third-order valence-electron chi connectivity index (χ3n) is 2.78. The summed E-state index contributed by atoms with van der Waals surface area (Å²) in [4.78, 5) is 24.1. The Hall–Kier alpha value is -1.43. The minimum absolute atomic E-state index is 0.0300. The van der Waals surface area contributed by atoms with Gasteiger partial charge >= 0.3 is 0 Å². The van der Waals surface area contributed by atoms with Crippen molar-refractivity contribution in [3.8, 4) is 0 Å². The molecular formula is C12H15BrN2O3. The number of rotatable bonds is 4. The van der Waals surface area contributed by atoms with Gasteiger partial charge in [0.25, 0.3) is 11.6 Å². The molecule has 1 amide bonds. The summed E-state index contributed by atoms with van der Waals surface area (Å²) in [6.07, 6.45) is 0. The number of halogens is 1. The van der Waals surface area contributed by atoms with Gasteiger partial charge in [0.15, 0.2) is 0 Å². The Morgan fingerprint density at radius 1 is 1.56 bits per heavy atom. The van der Waals surface area contributed by atoms with Gasteiger partial charge < -0.3 is 4.90 Å². The molecule has 0 saturated carbocycles. The number of carbonyl (C=O) groups excluding carboxylic acids is 1. The summed E-state index contributed by atoms with van der Waals surface area (Å²) < 4.78 is 0. The van der Waals surface area contributed by atoms with Crippen LogP contribution in [0.2, 0.25) is 0 Å². The number of hydrogen-bond acceptors (Lipinski definition) is 3. The SMILES string of the molecule is Cc1ccc([N+](=O)[O-])c(C(=O)N(C)C(C)CBr)c1. The van der Waals surface area contributed by atoms with Crippen molar-refractivity contribution in [2.24, 2.45) is 0 Å². The molecule has 0 N–H and O–H groups in total. The highest BCUT2D eigenvalue weighted by molar-refractivity contribution is 9.09. The monoisotopic (exact) mass is 314 g/mol. The van der Waals surface area contributed by atoms with E-state index in [1.807, 2.05) is 6.92 Å². The zero-order chi connectivity index (χ0) is 13.9. The molecule has 0 aliphatic rings. The molecule has 1 aromatic carbocycles. The number of nitrogens with zero attached hydrogens (tertiary/aromatic N) is 2. The molecule has 98 valence electrons. The van der Waals surface area contributed by atoms with Gasteiger partial charge in [0.2, 0.25) is 0 Å². The Bertz CT molecular complexity index is 476. The van der Waals surface area contributed by atoms with Gasteiger partial charge in [-0.3, -0.25) is 14.9 Å². The first-order valence-corrected chi connectivity index (χ1v) is 6.58. The number of aryl methyl sites for hydroxylation is 1. The lowest BCUT2D eigenvalue weighted by Gasteiger charge is -2.23. The minimum Gasteiger partial charge on any atom is -0.338 e. The van der Waals surface area contributed by atoms with E-state index in [9.17, 15) is 14.9 Å². The summed E-state index contributed by atoms with van der Waals surface area (Å²) in [5.74, 6) is -0.336. The van der Waals surface area contributed by atoms with Crippen LogP contribution in [0.25, 0.3) is 0 Å². The zero-order valence-electron chi connectivity index (χ0n) is 10.5. The molecule has 1 aromatic rings. The van der Waals surface area contributed by atoms with Gasteiger partial charge in [-0.25, -0.2) is 0 Å². The van der Waals surface area contributed by atoms with Crippen LogP contribution in [0.4, 0.5) is 5.69 Å². The third kappa shape index (κ3) is 3.07. The van der Waals surface area contributed by atoms with Crippen molar-refractivity contribution in [1.29, 1.82) is 0 Å². The highest BCUT2D eigenvalue weighted by Crippen LogP contribution is 2.22. The molecule has 0 radical (unpaired) electrons. The maximum absolute atomic E-state index is 12.2. The lowest BCUT2D eigenvalue weighted by atomic mass is 10.1. The molecule has 0 heterocycles. The van der Waals surface area contributed by atoms with Crippen LogP contribution in [0.5, 0.6) is 0 Å². The van der Waals surface area contributed by atoms with Crippen LogP contribution in [-0.2, 0) is 0 Å². The summed E-state index contributed by atoms with van der Waals surface area (Å²) in [5.41, 5.74) is 0.804. The fourth-order valence-corrected chi connectivity index (χ4v) is 1.91. The second-order valence-electron chi connectivity index (χ2n) is 4.20. The van der Waals surface area contributed by atoms with E-state index in [1.165, 1.54) is 11.0 Å². The summed E-state index contributed by atoms with van der Waals surface area (Å²) in [6.45, 7) is 3.67. The number of hydrogen-bond donors (Lipinski definition) is 0. The molecule has 5 nitrogen and oxygen atoms in total. The molecule has 1 unspecified atom stereocenters. The van der Waals surface area contributed by atoms with E-state index in [2.05, 4.69) is 15.9 Å². The quantitative estimate of drug-likeness (QED) is 0.487. The standard InChI is InChI=1S/C12H15BrN2O3/c1-8-4-5-11(15(17)18)10(6-8)12(16)14(3)9(2)7-13/h4-6,9H,7H2,1-3H3. The summed E-state index contributed by atoms with van der Waals surface area (Å²) in [7, 11) is 1.64. The van der Waals surface area contributed by atoms with Crippen LogP contribution in [0.1, 0.15) is 22.8 Å². The van der Waals surface area contributed by atoms with Gasteiger partial charge in [-0.15, -0.1) is 0 Å². The van der Waals surface area contributed by atoms with Gasteiger partial charge in [-0.05, 0) is 25.5 Å². The second kappa shape index (κ2) is 5.95. The Kier molecular flexibility index (Phi) is 4.84. The van der Waals surface area contributed by atoms with Crippen LogP contribution < -0.4 is 0 Å². The maximum Gasteiger partial charge on any atom is 0.282 e. The lowest BCUT2D eigenvalue weighted by Crippen LogP contribution is -2.36. The predicted octanol–water partition coefficient (Wildman–Crippen LogP) is 2.76. The molecule has 0 fully saturated rings. The fraction of sp³-hybridized carbons (Fsp3) is 0.417. The van der Waals surface area contributed by atoms with Gasteiger partial charge in [0, 0.05) is 24.5 Å². The van der Waals surface area contributed by atoms with E-state index >= 15 is 0 Å². The predicted molar refractivity (Wildman–Crippen MR) is 73.2 cm³/mol. The molecular weight excluding hydrogens is 300 g/mol.